The maximum atomic E-state index is 12.6. The number of unbranched alkanes of at least 4 members (excludes halogenated alkanes) is 19. The number of hydrogen-bond acceptors (Lipinski definition) is 6. The molecule has 0 aliphatic rings. The molecule has 0 aliphatic heterocycles. The molecule has 0 aromatic heterocycles. The van der Waals surface area contributed by atoms with Gasteiger partial charge in [-0.25, -0.2) is 0 Å². The Balaban J connectivity index is 4.03. The fraction of sp³-hybridized carbons (Fsp3) is 0.951. The van der Waals surface area contributed by atoms with E-state index >= 15 is 0 Å². The highest BCUT2D eigenvalue weighted by atomic mass is 16.5. The van der Waals surface area contributed by atoms with Gasteiger partial charge in [-0.05, 0) is 70.9 Å². The van der Waals surface area contributed by atoms with Crippen LogP contribution in [0, 0.1) is 5.92 Å². The van der Waals surface area contributed by atoms with Crippen molar-refractivity contribution in [3.05, 3.63) is 0 Å². The lowest BCUT2D eigenvalue weighted by molar-refractivity contribution is -0.150. The SMILES string of the molecule is CCCCCCCCC(CCCCCCC)OC(=O)CCCCCCCN(CCO)CCCCCCC(C)C(=O)OCCCCCC. The molecule has 1 N–H and O–H groups in total. The standard InChI is InChI=1S/C41H81NO5/c1-5-8-11-14-17-24-31-39(30-23-16-12-9-6-2)47-40(44)32-25-18-15-20-26-33-42(35-36-43)34-27-21-19-22-29-38(4)41(45)46-37-28-13-10-7-3/h38-39,43H,5-37H2,1-4H3. The van der Waals surface area contributed by atoms with Gasteiger partial charge in [0.2, 0.25) is 0 Å². The largest absolute Gasteiger partial charge is 0.465 e. The molecule has 0 saturated heterocycles. The highest BCUT2D eigenvalue weighted by Crippen LogP contribution is 2.18. The van der Waals surface area contributed by atoms with E-state index in [0.29, 0.717) is 13.0 Å². The lowest BCUT2D eigenvalue weighted by Gasteiger charge is -2.21. The van der Waals surface area contributed by atoms with E-state index in [1.807, 2.05) is 6.92 Å². The molecule has 0 spiro atoms. The average molecular weight is 668 g/mol. The number of esters is 2. The minimum absolute atomic E-state index is 0.00497. The van der Waals surface area contributed by atoms with Gasteiger partial charge < -0.3 is 19.5 Å². The molecule has 47 heavy (non-hydrogen) atoms. The van der Waals surface area contributed by atoms with E-state index in [1.165, 1.54) is 89.9 Å². The Hall–Kier alpha value is -1.14. The number of nitrogens with zero attached hydrogens (tertiary/aromatic N) is 1. The van der Waals surface area contributed by atoms with Gasteiger partial charge in [0.15, 0.2) is 0 Å². The molecule has 0 amide bonds. The summed E-state index contributed by atoms with van der Waals surface area (Å²) in [5.41, 5.74) is 0. The van der Waals surface area contributed by atoms with E-state index in [1.54, 1.807) is 0 Å². The second-order valence-electron chi connectivity index (χ2n) is 14.3. The highest BCUT2D eigenvalue weighted by molar-refractivity contribution is 5.71. The summed E-state index contributed by atoms with van der Waals surface area (Å²) in [7, 11) is 0. The van der Waals surface area contributed by atoms with Crippen molar-refractivity contribution >= 4 is 11.9 Å². The van der Waals surface area contributed by atoms with Crippen LogP contribution in [-0.4, -0.2) is 60.9 Å². The molecule has 0 aromatic rings. The van der Waals surface area contributed by atoms with Crippen LogP contribution in [0.5, 0.6) is 0 Å². The summed E-state index contributed by atoms with van der Waals surface area (Å²) in [6, 6.07) is 0. The summed E-state index contributed by atoms with van der Waals surface area (Å²) in [6.07, 6.45) is 32.1. The van der Waals surface area contributed by atoms with Gasteiger partial charge >= 0.3 is 11.9 Å². The van der Waals surface area contributed by atoms with Crippen molar-refractivity contribution in [3.63, 3.8) is 0 Å². The van der Waals surface area contributed by atoms with Crippen molar-refractivity contribution in [2.75, 3.05) is 32.8 Å². The topological polar surface area (TPSA) is 76.1 Å². The van der Waals surface area contributed by atoms with Crippen molar-refractivity contribution in [1.29, 1.82) is 0 Å². The molecule has 0 aromatic carbocycles. The summed E-state index contributed by atoms with van der Waals surface area (Å²) >= 11 is 0. The molecule has 0 radical (unpaired) electrons. The number of ether oxygens (including phenoxy) is 2. The third-order valence-electron chi connectivity index (χ3n) is 9.58. The normalized spacial score (nSPS) is 12.8. The van der Waals surface area contributed by atoms with E-state index < -0.39 is 0 Å². The van der Waals surface area contributed by atoms with Gasteiger partial charge in [0.1, 0.15) is 6.10 Å². The molecular formula is C41H81NO5. The fourth-order valence-corrected chi connectivity index (χ4v) is 6.35. The number of aliphatic hydroxyl groups excluding tert-OH is 1. The maximum Gasteiger partial charge on any atom is 0.308 e. The van der Waals surface area contributed by atoms with Crippen molar-refractivity contribution in [3.8, 4) is 0 Å². The summed E-state index contributed by atoms with van der Waals surface area (Å²) in [5.74, 6) is -0.0306. The van der Waals surface area contributed by atoms with Crippen LogP contribution < -0.4 is 0 Å². The minimum atomic E-state index is -0.0357. The first-order chi connectivity index (χ1) is 23.0. The molecule has 2 unspecified atom stereocenters. The summed E-state index contributed by atoms with van der Waals surface area (Å²) in [4.78, 5) is 27.2. The van der Waals surface area contributed by atoms with Crippen molar-refractivity contribution in [2.24, 2.45) is 5.92 Å². The van der Waals surface area contributed by atoms with E-state index in [4.69, 9.17) is 9.47 Å². The number of carbonyl (C=O) groups is 2. The Labute approximate surface area is 292 Å². The Kier molecular flexibility index (Phi) is 35.3. The van der Waals surface area contributed by atoms with E-state index in [2.05, 4.69) is 25.7 Å². The molecule has 280 valence electrons. The second-order valence-corrected chi connectivity index (χ2v) is 14.3. The molecule has 0 rings (SSSR count). The van der Waals surface area contributed by atoms with Crippen LogP contribution in [-0.2, 0) is 19.1 Å². The van der Waals surface area contributed by atoms with E-state index in [0.717, 1.165) is 103 Å². The van der Waals surface area contributed by atoms with E-state index in [-0.39, 0.29) is 30.6 Å². The average Bonchev–Trinajstić information content (AvgIpc) is 3.06. The summed E-state index contributed by atoms with van der Waals surface area (Å²) in [6.45, 7) is 12.3. The number of aliphatic hydroxyl groups is 1. The monoisotopic (exact) mass is 668 g/mol. The minimum Gasteiger partial charge on any atom is -0.465 e. The molecule has 0 bridgehead atoms. The first-order valence-electron chi connectivity index (χ1n) is 20.7. The lowest BCUT2D eigenvalue weighted by Crippen LogP contribution is -2.29. The highest BCUT2D eigenvalue weighted by Gasteiger charge is 2.15. The molecule has 6 nitrogen and oxygen atoms in total. The molecule has 0 fully saturated rings. The maximum absolute atomic E-state index is 12.6. The molecule has 6 heteroatoms. The van der Waals surface area contributed by atoms with Crippen molar-refractivity contribution in [2.45, 2.75) is 214 Å². The van der Waals surface area contributed by atoms with Gasteiger partial charge in [-0.15, -0.1) is 0 Å². The smallest absolute Gasteiger partial charge is 0.308 e. The van der Waals surface area contributed by atoms with Crippen LogP contribution >= 0.6 is 0 Å². The quantitative estimate of drug-likeness (QED) is 0.0525. The summed E-state index contributed by atoms with van der Waals surface area (Å²) < 4.78 is 11.4. The van der Waals surface area contributed by atoms with Gasteiger partial charge in [0.05, 0.1) is 19.1 Å². The molecule has 2 atom stereocenters. The molecule has 0 heterocycles. The lowest BCUT2D eigenvalue weighted by atomic mass is 10.0. The Morgan fingerprint density at radius 1 is 0.553 bits per heavy atom. The van der Waals surface area contributed by atoms with Gasteiger partial charge in [-0.2, -0.15) is 0 Å². The van der Waals surface area contributed by atoms with Crippen molar-refractivity contribution in [1.82, 2.24) is 4.90 Å². The molecule has 0 aliphatic carbocycles. The van der Waals surface area contributed by atoms with Gasteiger partial charge in [0.25, 0.3) is 0 Å². The zero-order valence-electron chi connectivity index (χ0n) is 32.0. The van der Waals surface area contributed by atoms with Crippen LogP contribution in [0.4, 0.5) is 0 Å². The number of carbonyl (C=O) groups excluding carboxylic acids is 2. The van der Waals surface area contributed by atoms with Gasteiger partial charge in [-0.3, -0.25) is 9.59 Å². The van der Waals surface area contributed by atoms with Crippen LogP contribution in [0.3, 0.4) is 0 Å². The van der Waals surface area contributed by atoms with Gasteiger partial charge in [0, 0.05) is 13.0 Å². The Bertz CT molecular complexity index is 672. The fourth-order valence-electron chi connectivity index (χ4n) is 6.35. The van der Waals surface area contributed by atoms with Crippen LogP contribution in [0.2, 0.25) is 0 Å². The van der Waals surface area contributed by atoms with Gasteiger partial charge in [-0.1, -0.05) is 143 Å². The summed E-state index contributed by atoms with van der Waals surface area (Å²) in [5, 5.41) is 9.53. The zero-order chi connectivity index (χ0) is 34.6. The third-order valence-corrected chi connectivity index (χ3v) is 9.58. The zero-order valence-corrected chi connectivity index (χ0v) is 32.0. The van der Waals surface area contributed by atoms with Crippen LogP contribution in [0.15, 0.2) is 0 Å². The first-order valence-corrected chi connectivity index (χ1v) is 20.7. The predicted octanol–water partition coefficient (Wildman–Crippen LogP) is 11.4. The van der Waals surface area contributed by atoms with Crippen molar-refractivity contribution < 1.29 is 24.2 Å². The van der Waals surface area contributed by atoms with E-state index in [9.17, 15) is 14.7 Å². The first kappa shape index (κ1) is 45.9. The predicted molar refractivity (Wildman–Crippen MR) is 200 cm³/mol. The Morgan fingerprint density at radius 2 is 1.00 bits per heavy atom. The molecule has 0 saturated carbocycles. The third kappa shape index (κ3) is 31.9. The van der Waals surface area contributed by atoms with Crippen LogP contribution in [0.25, 0.3) is 0 Å². The number of rotatable bonds is 37. The Morgan fingerprint density at radius 3 is 1.53 bits per heavy atom. The van der Waals surface area contributed by atoms with Crippen LogP contribution in [0.1, 0.15) is 207 Å². The molecular weight excluding hydrogens is 586 g/mol. The second kappa shape index (κ2) is 36.1. The number of hydrogen-bond donors (Lipinski definition) is 1.